The highest BCUT2D eigenvalue weighted by molar-refractivity contribution is 5.79. The molecule has 0 saturated heterocycles. The predicted molar refractivity (Wildman–Crippen MR) is 80.7 cm³/mol. The molecule has 1 aliphatic carbocycles. The summed E-state index contributed by atoms with van der Waals surface area (Å²) < 4.78 is 0. The standard InChI is InChI=1S/C16H22N2O3/c17-13-6-3-4-11(8-13)9-15(19)18-10-12-5-1-2-7-14(12)16(20)21/h3-4,6,8,12,14H,1-2,5,7,9-10,17H2,(H,18,19)(H,20,21). The monoisotopic (exact) mass is 290 g/mol. The Kier molecular flexibility index (Phi) is 5.20. The Hall–Kier alpha value is -2.04. The maximum atomic E-state index is 11.9. The molecule has 0 bridgehead atoms. The van der Waals surface area contributed by atoms with E-state index < -0.39 is 5.97 Å². The van der Waals surface area contributed by atoms with Gasteiger partial charge in [-0.2, -0.15) is 0 Å². The third-order valence-electron chi connectivity index (χ3n) is 4.10. The van der Waals surface area contributed by atoms with E-state index in [1.54, 1.807) is 12.1 Å². The van der Waals surface area contributed by atoms with Gasteiger partial charge >= 0.3 is 5.97 Å². The molecule has 5 heteroatoms. The number of hydrogen-bond acceptors (Lipinski definition) is 3. The number of nitrogens with one attached hydrogen (secondary N) is 1. The van der Waals surface area contributed by atoms with Gasteiger partial charge in [-0.05, 0) is 36.5 Å². The summed E-state index contributed by atoms with van der Waals surface area (Å²) in [6.45, 7) is 0.443. The molecule has 1 aromatic carbocycles. The van der Waals surface area contributed by atoms with Crippen molar-refractivity contribution in [3.05, 3.63) is 29.8 Å². The van der Waals surface area contributed by atoms with Gasteiger partial charge in [0.1, 0.15) is 0 Å². The average Bonchev–Trinajstić information content (AvgIpc) is 2.45. The Morgan fingerprint density at radius 1 is 1.29 bits per heavy atom. The van der Waals surface area contributed by atoms with Crippen LogP contribution in [0.5, 0.6) is 0 Å². The SMILES string of the molecule is Nc1cccc(CC(=O)NCC2CCCCC2C(=O)O)c1. The minimum absolute atomic E-state index is 0.0426. The van der Waals surface area contributed by atoms with Crippen molar-refractivity contribution in [3.63, 3.8) is 0 Å². The Balaban J connectivity index is 1.84. The fourth-order valence-corrected chi connectivity index (χ4v) is 2.97. The number of carboxylic acids is 1. The quantitative estimate of drug-likeness (QED) is 0.721. The van der Waals surface area contributed by atoms with Crippen LogP contribution in [0, 0.1) is 11.8 Å². The van der Waals surface area contributed by atoms with Crippen LogP contribution in [-0.4, -0.2) is 23.5 Å². The molecular formula is C16H22N2O3. The van der Waals surface area contributed by atoms with Crippen molar-refractivity contribution in [1.29, 1.82) is 0 Å². The molecule has 1 saturated carbocycles. The Morgan fingerprint density at radius 2 is 2.05 bits per heavy atom. The van der Waals surface area contributed by atoms with Gasteiger partial charge in [0.2, 0.25) is 5.91 Å². The fourth-order valence-electron chi connectivity index (χ4n) is 2.97. The molecule has 2 atom stereocenters. The van der Waals surface area contributed by atoms with Crippen LogP contribution in [0.2, 0.25) is 0 Å². The van der Waals surface area contributed by atoms with Gasteiger partial charge in [0.25, 0.3) is 0 Å². The number of aliphatic carboxylic acids is 1. The van der Waals surface area contributed by atoms with Crippen LogP contribution in [0.15, 0.2) is 24.3 Å². The van der Waals surface area contributed by atoms with Crippen LogP contribution in [0.3, 0.4) is 0 Å². The summed E-state index contributed by atoms with van der Waals surface area (Å²) in [5.41, 5.74) is 7.18. The number of amides is 1. The maximum absolute atomic E-state index is 11.9. The van der Waals surface area contributed by atoms with E-state index in [1.807, 2.05) is 12.1 Å². The average molecular weight is 290 g/mol. The normalized spacial score (nSPS) is 21.7. The number of carboxylic acid groups (broad SMARTS) is 1. The van der Waals surface area contributed by atoms with Crippen LogP contribution in [0.1, 0.15) is 31.2 Å². The zero-order valence-corrected chi connectivity index (χ0v) is 12.0. The van der Waals surface area contributed by atoms with Crippen molar-refractivity contribution < 1.29 is 14.7 Å². The molecule has 1 fully saturated rings. The third kappa shape index (κ3) is 4.48. The van der Waals surface area contributed by atoms with Gasteiger partial charge in [0.15, 0.2) is 0 Å². The third-order valence-corrected chi connectivity index (χ3v) is 4.10. The first-order chi connectivity index (χ1) is 10.1. The molecule has 0 aliphatic heterocycles. The van der Waals surface area contributed by atoms with Crippen molar-refractivity contribution in [1.82, 2.24) is 5.32 Å². The summed E-state index contributed by atoms with van der Waals surface area (Å²) in [7, 11) is 0. The smallest absolute Gasteiger partial charge is 0.306 e. The first kappa shape index (κ1) is 15.4. The second kappa shape index (κ2) is 7.11. The number of nitrogens with two attached hydrogens (primary N) is 1. The lowest BCUT2D eigenvalue weighted by Crippen LogP contribution is -2.37. The fraction of sp³-hybridized carbons (Fsp3) is 0.500. The van der Waals surface area contributed by atoms with Crippen LogP contribution in [0.4, 0.5) is 5.69 Å². The molecule has 1 amide bonds. The molecule has 114 valence electrons. The molecule has 1 aromatic rings. The molecule has 2 rings (SSSR count). The highest BCUT2D eigenvalue weighted by atomic mass is 16.4. The summed E-state index contributed by atoms with van der Waals surface area (Å²) in [5, 5.41) is 12.1. The minimum atomic E-state index is -0.746. The van der Waals surface area contributed by atoms with Crippen molar-refractivity contribution >= 4 is 17.6 Å². The molecule has 5 nitrogen and oxygen atoms in total. The van der Waals surface area contributed by atoms with E-state index in [0.717, 1.165) is 24.8 Å². The first-order valence-electron chi connectivity index (χ1n) is 7.40. The van der Waals surface area contributed by atoms with Crippen LogP contribution in [0.25, 0.3) is 0 Å². The molecule has 21 heavy (non-hydrogen) atoms. The van der Waals surface area contributed by atoms with E-state index in [-0.39, 0.29) is 24.2 Å². The predicted octanol–water partition coefficient (Wildman–Crippen LogP) is 1.82. The summed E-state index contributed by atoms with van der Waals surface area (Å²) in [6, 6.07) is 7.23. The summed E-state index contributed by atoms with van der Waals surface area (Å²) >= 11 is 0. The van der Waals surface area contributed by atoms with Gasteiger partial charge in [0, 0.05) is 12.2 Å². The Bertz CT molecular complexity index is 516. The summed E-state index contributed by atoms with van der Waals surface area (Å²) in [6.07, 6.45) is 3.86. The Labute approximate surface area is 124 Å². The molecule has 1 aliphatic rings. The van der Waals surface area contributed by atoms with Gasteiger partial charge in [-0.15, -0.1) is 0 Å². The maximum Gasteiger partial charge on any atom is 0.306 e. The molecular weight excluding hydrogens is 268 g/mol. The van der Waals surface area contributed by atoms with Gasteiger partial charge in [-0.1, -0.05) is 25.0 Å². The molecule has 2 unspecified atom stereocenters. The molecule has 0 heterocycles. The van der Waals surface area contributed by atoms with Crippen LogP contribution < -0.4 is 11.1 Å². The number of nitrogen functional groups attached to an aromatic ring is 1. The van der Waals surface area contributed by atoms with Gasteiger partial charge in [-0.3, -0.25) is 9.59 Å². The van der Waals surface area contributed by atoms with Gasteiger partial charge < -0.3 is 16.2 Å². The molecule has 4 N–H and O–H groups in total. The molecule has 0 radical (unpaired) electrons. The largest absolute Gasteiger partial charge is 0.481 e. The summed E-state index contributed by atoms with van der Waals surface area (Å²) in [5.74, 6) is -1.12. The van der Waals surface area contributed by atoms with Gasteiger partial charge in [0.05, 0.1) is 12.3 Å². The number of anilines is 1. The second-order valence-corrected chi connectivity index (χ2v) is 5.72. The lowest BCUT2D eigenvalue weighted by atomic mass is 9.79. The van der Waals surface area contributed by atoms with Crippen molar-refractivity contribution in [2.24, 2.45) is 11.8 Å². The highest BCUT2D eigenvalue weighted by Gasteiger charge is 2.30. The Morgan fingerprint density at radius 3 is 2.76 bits per heavy atom. The number of carbonyl (C=O) groups excluding carboxylic acids is 1. The lowest BCUT2D eigenvalue weighted by Gasteiger charge is -2.28. The van der Waals surface area contributed by atoms with Crippen molar-refractivity contribution in [2.45, 2.75) is 32.1 Å². The summed E-state index contributed by atoms with van der Waals surface area (Å²) in [4.78, 5) is 23.2. The number of hydrogen-bond donors (Lipinski definition) is 3. The lowest BCUT2D eigenvalue weighted by molar-refractivity contribution is -0.145. The van der Waals surface area contributed by atoms with E-state index in [0.29, 0.717) is 18.7 Å². The van der Waals surface area contributed by atoms with E-state index in [4.69, 9.17) is 5.73 Å². The van der Waals surface area contributed by atoms with E-state index in [2.05, 4.69) is 5.32 Å². The number of carbonyl (C=O) groups is 2. The van der Waals surface area contributed by atoms with Crippen LogP contribution >= 0.6 is 0 Å². The number of rotatable bonds is 5. The molecule has 0 spiro atoms. The van der Waals surface area contributed by atoms with Crippen molar-refractivity contribution in [3.8, 4) is 0 Å². The zero-order chi connectivity index (χ0) is 15.2. The van der Waals surface area contributed by atoms with Gasteiger partial charge in [-0.25, -0.2) is 0 Å². The van der Waals surface area contributed by atoms with Crippen LogP contribution in [-0.2, 0) is 16.0 Å². The topological polar surface area (TPSA) is 92.4 Å². The van der Waals surface area contributed by atoms with E-state index in [9.17, 15) is 14.7 Å². The number of benzene rings is 1. The van der Waals surface area contributed by atoms with E-state index in [1.165, 1.54) is 0 Å². The molecule has 0 aromatic heterocycles. The van der Waals surface area contributed by atoms with Crippen molar-refractivity contribution in [2.75, 3.05) is 12.3 Å². The van der Waals surface area contributed by atoms with E-state index >= 15 is 0 Å². The first-order valence-corrected chi connectivity index (χ1v) is 7.40. The highest BCUT2D eigenvalue weighted by Crippen LogP contribution is 2.29. The minimum Gasteiger partial charge on any atom is -0.481 e. The zero-order valence-electron chi connectivity index (χ0n) is 12.0. The second-order valence-electron chi connectivity index (χ2n) is 5.72.